The second-order valence-corrected chi connectivity index (χ2v) is 18.1. The molecule has 0 amide bonds. The summed E-state index contributed by atoms with van der Waals surface area (Å²) in [6.45, 7) is -4.54. The van der Waals surface area contributed by atoms with Crippen LogP contribution in [-0.4, -0.2) is 317 Å². The second-order valence-electron chi connectivity index (χ2n) is 18.1. The summed E-state index contributed by atoms with van der Waals surface area (Å²) in [4.78, 5) is 22.7. The highest BCUT2D eigenvalue weighted by Crippen LogP contribution is 2.38. The SMILES string of the molecule is CCCC(=O)OO[C@@H]1[C@@H](O)[C@H]2O[C@H]3[C@H](O)[C@@H](O)[C@@H](O[C@H]4[C@H](O)[C@@H](O)[C@@H](O[C@H]5[C@H](O)[C@@H](O)[C@@H](O[C@H]6[C@H](O)[C@@H](O)[C@@H](O[C@H]7[C@H](O)[C@@H](O)[C@@H](O[C@H]1[C@@H](CO)O2)O[C@@H]7CO)O[C@@H]6CO)O[C@@H]5CO)O[C@@H]4CO)O[C@@H]3CO. The van der Waals surface area contributed by atoms with Crippen molar-refractivity contribution in [1.82, 2.24) is 0 Å². The molecule has 0 aromatic rings. The Labute approximate surface area is 407 Å². The van der Waals surface area contributed by atoms with Gasteiger partial charge in [-0.05, 0) is 6.42 Å². The van der Waals surface area contributed by atoms with Gasteiger partial charge in [0.15, 0.2) is 43.8 Å². The maximum Gasteiger partial charge on any atom is 0.342 e. The quantitative estimate of drug-likeness (QED) is 0.0713. The van der Waals surface area contributed by atoms with Crippen LogP contribution >= 0.6 is 0 Å². The van der Waals surface area contributed by atoms with Gasteiger partial charge in [-0.3, -0.25) is 4.89 Å². The molecule has 22 aliphatic rings. The van der Waals surface area contributed by atoms with Crippen molar-refractivity contribution < 1.29 is 158 Å². The molecule has 30 atom stereocenters. The van der Waals surface area contributed by atoms with Gasteiger partial charge in [0.2, 0.25) is 0 Å². The number of hydrogen-bond acceptors (Lipinski definition) is 32. The van der Waals surface area contributed by atoms with E-state index in [-0.39, 0.29) is 12.8 Å². The topological polar surface area (TPSA) is 490 Å². The van der Waals surface area contributed by atoms with Crippen molar-refractivity contribution in [2.75, 3.05) is 39.6 Å². The maximum atomic E-state index is 12.5. The first kappa shape index (κ1) is 58.0. The number of rotatable bonds is 10. The molecule has 0 aliphatic carbocycles. The summed E-state index contributed by atoms with van der Waals surface area (Å²) in [6, 6.07) is 0. The average molecular weight is 1060 g/mol. The highest BCUT2D eigenvalue weighted by molar-refractivity contribution is 5.68. The maximum absolute atomic E-state index is 12.5. The smallest absolute Gasteiger partial charge is 0.342 e. The van der Waals surface area contributed by atoms with Crippen molar-refractivity contribution in [3.63, 3.8) is 0 Å². The highest BCUT2D eigenvalue weighted by atomic mass is 17.2. The summed E-state index contributed by atoms with van der Waals surface area (Å²) in [6.07, 6.45) is -59.4. The molecule has 0 spiro atoms. The molecule has 0 aromatic carbocycles. The highest BCUT2D eigenvalue weighted by Gasteiger charge is 2.59. The first-order chi connectivity index (χ1) is 34.4. The molecule has 418 valence electrons. The summed E-state index contributed by atoms with van der Waals surface area (Å²) in [5, 5.41) is 187. The van der Waals surface area contributed by atoms with Gasteiger partial charge in [-0.15, -0.1) is 0 Å². The van der Waals surface area contributed by atoms with Crippen LogP contribution in [0.15, 0.2) is 0 Å². The molecule has 72 heavy (non-hydrogen) atoms. The molecule has 22 saturated heterocycles. The Morgan fingerprint density at radius 3 is 0.792 bits per heavy atom. The molecule has 0 radical (unpaired) electrons. The molecule has 0 saturated carbocycles. The van der Waals surface area contributed by atoms with Crippen LogP contribution < -0.4 is 0 Å². The lowest BCUT2D eigenvalue weighted by molar-refractivity contribution is -0.421. The zero-order valence-corrected chi connectivity index (χ0v) is 38.2. The van der Waals surface area contributed by atoms with Crippen LogP contribution in [0.4, 0.5) is 0 Å². The van der Waals surface area contributed by atoms with Gasteiger partial charge in [0, 0.05) is 6.42 Å². The van der Waals surface area contributed by atoms with E-state index in [1.54, 1.807) is 6.92 Å². The number of aliphatic hydroxyl groups excluding tert-OH is 17. The van der Waals surface area contributed by atoms with Gasteiger partial charge in [-0.2, -0.15) is 4.89 Å². The van der Waals surface area contributed by atoms with Gasteiger partial charge < -0.3 is 144 Å². The summed E-state index contributed by atoms with van der Waals surface area (Å²) in [5.41, 5.74) is 0. The van der Waals surface area contributed by atoms with Crippen molar-refractivity contribution in [1.29, 1.82) is 0 Å². The molecule has 22 fully saturated rings. The van der Waals surface area contributed by atoms with Gasteiger partial charge in [0.25, 0.3) is 0 Å². The lowest BCUT2D eigenvalue weighted by Gasteiger charge is -2.50. The molecule has 0 unspecified atom stereocenters. The molecule has 22 rings (SSSR count). The van der Waals surface area contributed by atoms with Crippen molar-refractivity contribution >= 4 is 5.97 Å². The summed E-state index contributed by atoms with van der Waals surface area (Å²) in [5.74, 6) is -0.968. The minimum Gasteiger partial charge on any atom is -0.394 e. The van der Waals surface area contributed by atoms with Crippen molar-refractivity contribution in [2.45, 2.75) is 204 Å². The molecule has 32 heteroatoms. The largest absolute Gasteiger partial charge is 0.394 e. The Bertz CT molecular complexity index is 1680. The minimum atomic E-state index is -2.21. The third-order valence-electron chi connectivity index (χ3n) is 13.4. The Hall–Kier alpha value is -1.73. The Morgan fingerprint density at radius 2 is 0.556 bits per heavy atom. The Kier molecular flexibility index (Phi) is 20.3. The van der Waals surface area contributed by atoms with Gasteiger partial charge in [0.1, 0.15) is 140 Å². The fourth-order valence-corrected chi connectivity index (χ4v) is 9.38. The van der Waals surface area contributed by atoms with E-state index >= 15 is 0 Å². The van der Waals surface area contributed by atoms with Crippen LogP contribution in [-0.2, 0) is 71.4 Å². The number of ether oxygens (including phenoxy) is 12. The van der Waals surface area contributed by atoms with E-state index in [1.165, 1.54) is 0 Å². The van der Waals surface area contributed by atoms with Crippen molar-refractivity contribution in [3.05, 3.63) is 0 Å². The van der Waals surface area contributed by atoms with Crippen LogP contribution in [0, 0.1) is 0 Å². The van der Waals surface area contributed by atoms with E-state index in [1.807, 2.05) is 0 Å². The number of carbonyl (C=O) groups excluding carboxylic acids is 1. The predicted molar refractivity (Wildman–Crippen MR) is 216 cm³/mol. The van der Waals surface area contributed by atoms with E-state index in [9.17, 15) is 91.6 Å². The standard InChI is InChI=1S/C40H66O32/c1-2-3-16(47)71-72-34-27(58)40-64-15(9-46)33(34)70-39-26(57)21(52)31(13(7-44)63-39)68-37-24(55)19(50)29(11(5-42)61-37)66-35-22(53)17(48)28(10(4-41)59-35)65-36-23(54)18(49)30(12(6-43)60-36)67-38-25(56)20(51)32(69-40)14(8-45)62-38/h10-15,17-46,48-58H,2-9H2,1H3/t10-,11-,12-,13-,14-,15-,17-,18-,19-,20-,21-,22-,23-,24-,25-,26-,27-,28-,29-,30-,31-,32-,33+,34-,35-,36-,37-,38-,39-,40-/m1/s1. The lowest BCUT2D eigenvalue weighted by Crippen LogP contribution is -2.69. The monoisotopic (exact) mass is 1060 g/mol. The van der Waals surface area contributed by atoms with Gasteiger partial charge >= 0.3 is 5.97 Å². The summed E-state index contributed by atoms with van der Waals surface area (Å²) in [7, 11) is 0. The molecule has 22 aliphatic heterocycles. The van der Waals surface area contributed by atoms with E-state index in [0.717, 1.165) is 0 Å². The zero-order valence-electron chi connectivity index (χ0n) is 38.2. The van der Waals surface area contributed by atoms with Gasteiger partial charge in [0.05, 0.1) is 39.6 Å². The van der Waals surface area contributed by atoms with Crippen LogP contribution in [0.5, 0.6) is 0 Å². The number of carbonyl (C=O) groups is 1. The predicted octanol–water partition coefficient (Wildman–Crippen LogP) is -11.8. The van der Waals surface area contributed by atoms with Crippen molar-refractivity contribution in [2.24, 2.45) is 0 Å². The first-order valence-electron chi connectivity index (χ1n) is 23.2. The van der Waals surface area contributed by atoms with E-state index in [2.05, 4.69) is 0 Å². The van der Waals surface area contributed by atoms with Crippen LogP contribution in [0.2, 0.25) is 0 Å². The van der Waals surface area contributed by atoms with Crippen LogP contribution in [0.25, 0.3) is 0 Å². The molecule has 22 heterocycles. The average Bonchev–Trinajstić information content (AvgIpc) is 3.37. The fourth-order valence-electron chi connectivity index (χ4n) is 9.38. The third-order valence-corrected chi connectivity index (χ3v) is 13.4. The van der Waals surface area contributed by atoms with Crippen LogP contribution in [0.1, 0.15) is 19.8 Å². The molecule has 0 aromatic heterocycles. The molecule has 17 N–H and O–H groups in total. The normalized spacial score (nSPS) is 51.6. The number of aliphatic hydroxyl groups is 17. The van der Waals surface area contributed by atoms with Crippen LogP contribution in [0.3, 0.4) is 0 Å². The van der Waals surface area contributed by atoms with E-state index in [4.69, 9.17) is 66.6 Å². The molecule has 32 nitrogen and oxygen atoms in total. The molecule has 12 bridgehead atoms. The van der Waals surface area contributed by atoms with E-state index in [0.29, 0.717) is 0 Å². The molecular formula is C40H66O32. The zero-order chi connectivity index (χ0) is 52.5. The fraction of sp³-hybridized carbons (Fsp3) is 0.975. The first-order valence-corrected chi connectivity index (χ1v) is 23.2. The third kappa shape index (κ3) is 11.7. The van der Waals surface area contributed by atoms with Gasteiger partial charge in [-0.1, -0.05) is 6.92 Å². The minimum absolute atomic E-state index is 0.206. The molecular weight excluding hydrogens is 992 g/mol. The van der Waals surface area contributed by atoms with Crippen molar-refractivity contribution in [3.8, 4) is 0 Å². The Morgan fingerprint density at radius 1 is 0.333 bits per heavy atom. The summed E-state index contributed by atoms with van der Waals surface area (Å²) < 4.78 is 68.8. The summed E-state index contributed by atoms with van der Waals surface area (Å²) >= 11 is 0. The lowest BCUT2D eigenvalue weighted by atomic mass is 9.94. The van der Waals surface area contributed by atoms with Gasteiger partial charge in [-0.25, -0.2) is 4.79 Å². The second kappa shape index (κ2) is 25.2. The Balaban J connectivity index is 1.22. The number of hydrogen-bond donors (Lipinski definition) is 17. The van der Waals surface area contributed by atoms with E-state index < -0.39 is 230 Å².